The Morgan fingerprint density at radius 3 is 2.88 bits per heavy atom. The average Bonchev–Trinajstić information content (AvgIpc) is 3.08. The van der Waals surface area contributed by atoms with Gasteiger partial charge in [-0.1, -0.05) is 36.4 Å². The molecule has 1 aliphatic heterocycles. The number of nitrogens with zero attached hydrogens (tertiary/aromatic N) is 1. The topological polar surface area (TPSA) is 70.5 Å². The van der Waals surface area contributed by atoms with Crippen LogP contribution in [0.15, 0.2) is 45.7 Å². The Labute approximate surface area is 148 Å². The molecule has 1 aromatic heterocycles. The van der Waals surface area contributed by atoms with Crippen LogP contribution in [-0.4, -0.2) is 32.5 Å². The number of carboxylic acids is 1. The van der Waals surface area contributed by atoms with Gasteiger partial charge in [0.25, 0.3) is 4.38 Å². The zero-order valence-corrected chi connectivity index (χ0v) is 14.4. The number of thioether (sulfide) groups is 1. The third-order valence-electron chi connectivity index (χ3n) is 3.38. The number of thiol groups is 1. The van der Waals surface area contributed by atoms with Gasteiger partial charge in [0.05, 0.1) is 0 Å². The van der Waals surface area contributed by atoms with Crippen molar-refractivity contribution >= 4 is 46.7 Å². The molecule has 122 valence electrons. The lowest BCUT2D eigenvalue weighted by atomic mass is 10.1. The first-order valence-corrected chi connectivity index (χ1v) is 8.36. The first kappa shape index (κ1) is 16.6. The number of rotatable bonds is 4. The lowest BCUT2D eigenvalue weighted by Gasteiger charge is -1.98. The van der Waals surface area contributed by atoms with Crippen LogP contribution in [0.4, 0.5) is 0 Å². The van der Waals surface area contributed by atoms with Crippen molar-refractivity contribution in [3.8, 4) is 11.3 Å². The van der Waals surface area contributed by atoms with Crippen LogP contribution in [0.2, 0.25) is 0 Å². The second-order valence-corrected chi connectivity index (χ2v) is 7.01. The van der Waals surface area contributed by atoms with E-state index in [4.69, 9.17) is 9.52 Å². The monoisotopic (exact) mass is 360 g/mol. The second kappa shape index (κ2) is 6.70. The molecule has 24 heavy (non-hydrogen) atoms. The van der Waals surface area contributed by atoms with Gasteiger partial charge in [-0.3, -0.25) is 0 Å². The van der Waals surface area contributed by atoms with Crippen molar-refractivity contribution < 1.29 is 23.7 Å². The van der Waals surface area contributed by atoms with Gasteiger partial charge in [-0.15, -0.1) is 4.58 Å². The molecule has 0 saturated carbocycles. The first-order chi connectivity index (χ1) is 11.4. The Bertz CT molecular complexity index is 896. The van der Waals surface area contributed by atoms with Gasteiger partial charge in [0.1, 0.15) is 16.4 Å². The fraction of sp³-hybridized carbons (Fsp3) is 0.118. The van der Waals surface area contributed by atoms with Crippen LogP contribution in [0.5, 0.6) is 0 Å². The molecule has 0 unspecified atom stereocenters. The Morgan fingerprint density at radius 2 is 2.17 bits per heavy atom. The average molecular weight is 360 g/mol. The zero-order valence-electron chi connectivity index (χ0n) is 12.7. The summed E-state index contributed by atoms with van der Waals surface area (Å²) in [5, 5.41) is 8.85. The smallest absolute Gasteiger partial charge is 0.428 e. The summed E-state index contributed by atoms with van der Waals surface area (Å²) >= 11 is 5.29. The SMILES string of the molecule is Cc1cccc(-c2ccc(/C=C3\SC(S)=[N+](CC(=O)O)C3=O)o2)c1. The van der Waals surface area contributed by atoms with Crippen molar-refractivity contribution in [1.29, 1.82) is 0 Å². The maximum absolute atomic E-state index is 12.2. The first-order valence-electron chi connectivity index (χ1n) is 7.10. The van der Waals surface area contributed by atoms with Crippen molar-refractivity contribution in [2.45, 2.75) is 6.92 Å². The fourth-order valence-electron chi connectivity index (χ4n) is 2.30. The van der Waals surface area contributed by atoms with E-state index in [2.05, 4.69) is 12.6 Å². The molecule has 0 radical (unpaired) electrons. The van der Waals surface area contributed by atoms with Crippen molar-refractivity contribution in [2.75, 3.05) is 6.54 Å². The molecule has 0 bridgehead atoms. The highest BCUT2D eigenvalue weighted by molar-refractivity contribution is 8.34. The number of amides is 1. The molecule has 1 N–H and O–H groups in total. The minimum Gasteiger partial charge on any atom is -0.477 e. The van der Waals surface area contributed by atoms with Crippen molar-refractivity contribution in [2.24, 2.45) is 0 Å². The van der Waals surface area contributed by atoms with E-state index in [1.165, 1.54) is 0 Å². The fourth-order valence-corrected chi connectivity index (χ4v) is 3.58. The van der Waals surface area contributed by atoms with Crippen molar-refractivity contribution in [3.05, 3.63) is 52.6 Å². The third kappa shape index (κ3) is 3.47. The number of aryl methyl sites for hydroxylation is 1. The number of hydrogen-bond acceptors (Lipinski definition) is 4. The standard InChI is InChI=1S/C17H13NO4S2/c1-10-3-2-4-11(7-10)13-6-5-12(22-13)8-14-16(21)18(9-15(19)20)17(23)24-14/h2-8H,9H2,1H3,(H,19,20)/p+1/b14-8-. The number of carbonyl (C=O) groups excluding carboxylic acids is 1. The van der Waals surface area contributed by atoms with E-state index in [1.807, 2.05) is 37.3 Å². The second-order valence-electron chi connectivity index (χ2n) is 5.25. The number of carbonyl (C=O) groups is 2. The van der Waals surface area contributed by atoms with E-state index in [0.717, 1.165) is 27.5 Å². The predicted molar refractivity (Wildman–Crippen MR) is 96.2 cm³/mol. The van der Waals surface area contributed by atoms with Crippen LogP contribution < -0.4 is 0 Å². The maximum atomic E-state index is 12.2. The van der Waals surface area contributed by atoms with E-state index >= 15 is 0 Å². The molecular weight excluding hydrogens is 346 g/mol. The summed E-state index contributed by atoms with van der Waals surface area (Å²) in [5.74, 6) is -0.239. The number of benzene rings is 1. The lowest BCUT2D eigenvalue weighted by Crippen LogP contribution is -2.25. The minimum absolute atomic E-state index is 0.346. The summed E-state index contributed by atoms with van der Waals surface area (Å²) < 4.78 is 7.24. The van der Waals surface area contributed by atoms with E-state index in [1.54, 1.807) is 12.1 Å². The Balaban J connectivity index is 1.84. The number of furan rings is 1. The summed E-state index contributed by atoms with van der Waals surface area (Å²) in [6, 6.07) is 11.5. The molecular formula is C17H14NO4S2+. The summed E-state index contributed by atoms with van der Waals surface area (Å²) in [6.07, 6.45) is 1.60. The molecule has 0 atom stereocenters. The summed E-state index contributed by atoms with van der Waals surface area (Å²) in [7, 11) is 0. The highest BCUT2D eigenvalue weighted by Crippen LogP contribution is 2.31. The normalized spacial score (nSPS) is 16.2. The van der Waals surface area contributed by atoms with E-state index in [0.29, 0.717) is 20.8 Å². The van der Waals surface area contributed by atoms with Crippen LogP contribution in [0, 0.1) is 6.92 Å². The minimum atomic E-state index is -1.09. The Kier molecular flexibility index (Phi) is 4.64. The van der Waals surface area contributed by atoms with Gasteiger partial charge < -0.3 is 9.52 Å². The molecule has 2 heterocycles. The third-order valence-corrected chi connectivity index (χ3v) is 4.81. The summed E-state index contributed by atoms with van der Waals surface area (Å²) in [6.45, 7) is 1.60. The summed E-state index contributed by atoms with van der Waals surface area (Å²) in [5.41, 5.74) is 2.09. The van der Waals surface area contributed by atoms with Crippen molar-refractivity contribution in [1.82, 2.24) is 0 Å². The number of carboxylic acid groups (broad SMARTS) is 1. The van der Waals surface area contributed by atoms with Gasteiger partial charge in [0.15, 0.2) is 0 Å². The van der Waals surface area contributed by atoms with Crippen LogP contribution in [0.25, 0.3) is 17.4 Å². The quantitative estimate of drug-likeness (QED) is 0.498. The Hall–Kier alpha value is -2.25. The van der Waals surface area contributed by atoms with Gasteiger partial charge in [0.2, 0.25) is 6.54 Å². The van der Waals surface area contributed by atoms with Gasteiger partial charge >= 0.3 is 11.9 Å². The van der Waals surface area contributed by atoms with Gasteiger partial charge in [-0.2, -0.15) is 0 Å². The lowest BCUT2D eigenvalue weighted by molar-refractivity contribution is -0.429. The van der Waals surface area contributed by atoms with Gasteiger partial charge in [-0.25, -0.2) is 9.59 Å². The summed E-state index contributed by atoms with van der Waals surface area (Å²) in [4.78, 5) is 23.4. The molecule has 1 aliphatic rings. The van der Waals surface area contributed by atoms with Crippen LogP contribution in [-0.2, 0) is 9.59 Å². The highest BCUT2D eigenvalue weighted by Gasteiger charge is 2.37. The van der Waals surface area contributed by atoms with Crippen LogP contribution in [0.3, 0.4) is 0 Å². The molecule has 0 saturated heterocycles. The molecule has 0 spiro atoms. The zero-order chi connectivity index (χ0) is 17.3. The number of hydrogen-bond donors (Lipinski definition) is 2. The van der Waals surface area contributed by atoms with E-state index < -0.39 is 12.5 Å². The number of aliphatic carboxylic acids is 1. The molecule has 2 aromatic rings. The van der Waals surface area contributed by atoms with Gasteiger partial charge in [0, 0.05) is 11.6 Å². The molecule has 3 rings (SSSR count). The highest BCUT2D eigenvalue weighted by atomic mass is 32.2. The maximum Gasteiger partial charge on any atom is 0.428 e. The van der Waals surface area contributed by atoms with Crippen molar-refractivity contribution in [3.63, 3.8) is 0 Å². The molecule has 0 fully saturated rings. The predicted octanol–water partition coefficient (Wildman–Crippen LogP) is 3.25. The Morgan fingerprint density at radius 1 is 1.38 bits per heavy atom. The molecule has 1 amide bonds. The largest absolute Gasteiger partial charge is 0.477 e. The molecule has 1 aromatic carbocycles. The van der Waals surface area contributed by atoms with E-state index in [-0.39, 0.29) is 5.91 Å². The van der Waals surface area contributed by atoms with Crippen LogP contribution >= 0.6 is 24.4 Å². The van der Waals surface area contributed by atoms with Gasteiger partial charge in [-0.05, 0) is 36.9 Å². The molecule has 5 nitrogen and oxygen atoms in total. The molecule has 7 heteroatoms. The van der Waals surface area contributed by atoms with Crippen LogP contribution in [0.1, 0.15) is 11.3 Å². The van der Waals surface area contributed by atoms with E-state index in [9.17, 15) is 9.59 Å². The molecule has 0 aliphatic carbocycles.